The van der Waals surface area contributed by atoms with Gasteiger partial charge in [-0.2, -0.15) is 0 Å². The summed E-state index contributed by atoms with van der Waals surface area (Å²) in [5.41, 5.74) is 7.38. The summed E-state index contributed by atoms with van der Waals surface area (Å²) in [6.45, 7) is 2.03. The zero-order valence-electron chi connectivity index (χ0n) is 7.87. The van der Waals surface area contributed by atoms with Crippen LogP contribution < -0.4 is 5.73 Å². The van der Waals surface area contributed by atoms with E-state index in [-0.39, 0.29) is 0 Å². The van der Waals surface area contributed by atoms with Crippen molar-refractivity contribution < 1.29 is 0 Å². The van der Waals surface area contributed by atoms with Crippen molar-refractivity contribution in [3.63, 3.8) is 0 Å². The van der Waals surface area contributed by atoms with E-state index in [0.717, 1.165) is 28.8 Å². The highest BCUT2D eigenvalue weighted by Crippen LogP contribution is 2.16. The van der Waals surface area contributed by atoms with Crippen LogP contribution in [0.4, 0.5) is 5.69 Å². The quantitative estimate of drug-likeness (QED) is 0.555. The van der Waals surface area contributed by atoms with Crippen LogP contribution in [0.2, 0.25) is 0 Å². The Labute approximate surface area is 87.0 Å². The molecular formula is C10H11N3S. The van der Waals surface area contributed by atoms with Crippen molar-refractivity contribution in [1.29, 1.82) is 0 Å². The lowest BCUT2D eigenvalue weighted by Gasteiger charge is -2.02. The Morgan fingerprint density at radius 3 is 3.00 bits per heavy atom. The van der Waals surface area contributed by atoms with E-state index in [1.807, 2.05) is 25.1 Å². The van der Waals surface area contributed by atoms with Crippen molar-refractivity contribution in [2.75, 3.05) is 5.73 Å². The minimum Gasteiger partial charge on any atom is -0.399 e. The first-order valence-electron chi connectivity index (χ1n) is 4.49. The fourth-order valence-corrected chi connectivity index (χ4v) is 1.67. The molecule has 0 saturated carbocycles. The molecule has 3 nitrogen and oxygen atoms in total. The molecule has 0 fully saturated rings. The third-order valence-corrected chi connectivity index (χ3v) is 2.44. The number of hydrogen-bond donors (Lipinski definition) is 2. The van der Waals surface area contributed by atoms with Gasteiger partial charge in [-0.1, -0.05) is 19.1 Å². The number of nitrogen functional groups attached to an aromatic ring is 1. The van der Waals surface area contributed by atoms with Crippen molar-refractivity contribution in [1.82, 2.24) is 9.97 Å². The molecule has 0 unspecified atom stereocenters. The van der Waals surface area contributed by atoms with Crippen molar-refractivity contribution in [3.05, 3.63) is 28.7 Å². The first-order valence-corrected chi connectivity index (χ1v) is 4.90. The number of H-pyrrole nitrogens is 1. The highest BCUT2D eigenvalue weighted by molar-refractivity contribution is 7.71. The van der Waals surface area contributed by atoms with Crippen molar-refractivity contribution in [2.24, 2.45) is 0 Å². The van der Waals surface area contributed by atoms with E-state index in [1.54, 1.807) is 0 Å². The number of aryl methyl sites for hydroxylation is 1. The summed E-state index contributed by atoms with van der Waals surface area (Å²) in [7, 11) is 0. The highest BCUT2D eigenvalue weighted by atomic mass is 32.1. The Hall–Kier alpha value is -1.42. The molecule has 2 aromatic rings. The second-order valence-corrected chi connectivity index (χ2v) is 3.53. The number of nitrogens with two attached hydrogens (primary N) is 1. The van der Waals surface area contributed by atoms with E-state index in [1.165, 1.54) is 0 Å². The van der Waals surface area contributed by atoms with Crippen LogP contribution >= 0.6 is 12.2 Å². The first kappa shape index (κ1) is 9.15. The van der Waals surface area contributed by atoms with Crippen LogP contribution in [-0.2, 0) is 6.42 Å². The average molecular weight is 205 g/mol. The van der Waals surface area contributed by atoms with Crippen molar-refractivity contribution in [2.45, 2.75) is 13.3 Å². The molecule has 1 heterocycles. The predicted molar refractivity (Wildman–Crippen MR) is 60.7 cm³/mol. The number of hydrogen-bond acceptors (Lipinski definition) is 3. The Balaban J connectivity index is 2.84. The zero-order valence-corrected chi connectivity index (χ0v) is 8.69. The van der Waals surface area contributed by atoms with Gasteiger partial charge in [-0.25, -0.2) is 4.98 Å². The highest BCUT2D eigenvalue weighted by Gasteiger charge is 1.99. The second-order valence-electron chi connectivity index (χ2n) is 3.15. The van der Waals surface area contributed by atoms with E-state index in [2.05, 4.69) is 9.97 Å². The number of nitrogens with one attached hydrogen (secondary N) is 1. The standard InChI is InChI=1S/C10H11N3S/c1-2-9-12-8-5-6(11)3-4-7(8)10(14)13-9/h3-5H,2,11H2,1H3,(H,12,13,14). The lowest BCUT2D eigenvalue weighted by atomic mass is 10.2. The van der Waals surface area contributed by atoms with Gasteiger partial charge in [0.25, 0.3) is 0 Å². The molecular weight excluding hydrogens is 194 g/mol. The Morgan fingerprint density at radius 2 is 2.29 bits per heavy atom. The van der Waals surface area contributed by atoms with Gasteiger partial charge in [-0.3, -0.25) is 0 Å². The van der Waals surface area contributed by atoms with Gasteiger partial charge in [0, 0.05) is 17.5 Å². The van der Waals surface area contributed by atoms with E-state index >= 15 is 0 Å². The largest absolute Gasteiger partial charge is 0.399 e. The monoisotopic (exact) mass is 205 g/mol. The topological polar surface area (TPSA) is 54.7 Å². The molecule has 1 aromatic heterocycles. The summed E-state index contributed by atoms with van der Waals surface area (Å²) in [5, 5.41) is 0.950. The predicted octanol–water partition coefficient (Wildman–Crippen LogP) is 2.44. The van der Waals surface area contributed by atoms with Gasteiger partial charge in [0.2, 0.25) is 0 Å². The Bertz CT molecular complexity index is 530. The van der Waals surface area contributed by atoms with Crippen LogP contribution in [-0.4, -0.2) is 9.97 Å². The minimum absolute atomic E-state index is 0.635. The normalized spacial score (nSPS) is 10.6. The molecule has 0 bridgehead atoms. The van der Waals surface area contributed by atoms with Gasteiger partial charge < -0.3 is 10.7 Å². The molecule has 1 aromatic carbocycles. The van der Waals surface area contributed by atoms with E-state index in [9.17, 15) is 0 Å². The fraction of sp³-hybridized carbons (Fsp3) is 0.200. The Morgan fingerprint density at radius 1 is 1.50 bits per heavy atom. The van der Waals surface area contributed by atoms with E-state index in [4.69, 9.17) is 18.0 Å². The molecule has 0 atom stereocenters. The maximum absolute atomic E-state index is 5.69. The van der Waals surface area contributed by atoms with Gasteiger partial charge in [-0.05, 0) is 18.2 Å². The summed E-state index contributed by atoms with van der Waals surface area (Å²) in [4.78, 5) is 7.47. The second kappa shape index (κ2) is 3.38. The number of aromatic nitrogens is 2. The van der Waals surface area contributed by atoms with Crippen LogP contribution in [0.15, 0.2) is 18.2 Å². The van der Waals surface area contributed by atoms with Crippen LogP contribution in [0, 0.1) is 4.64 Å². The Kier molecular flexibility index (Phi) is 2.21. The minimum atomic E-state index is 0.635. The smallest absolute Gasteiger partial charge is 0.137 e. The average Bonchev–Trinajstić information content (AvgIpc) is 2.16. The van der Waals surface area contributed by atoms with Crippen LogP contribution in [0.1, 0.15) is 12.7 Å². The molecule has 0 aliphatic heterocycles. The third kappa shape index (κ3) is 1.48. The number of rotatable bonds is 1. The number of nitrogens with zero attached hydrogens (tertiary/aromatic N) is 1. The molecule has 0 saturated heterocycles. The number of benzene rings is 1. The molecule has 0 radical (unpaired) electrons. The van der Waals surface area contributed by atoms with Gasteiger partial charge in [0.05, 0.1) is 5.52 Å². The molecule has 3 N–H and O–H groups in total. The van der Waals surface area contributed by atoms with E-state index < -0.39 is 0 Å². The summed E-state index contributed by atoms with van der Waals surface area (Å²) in [6.07, 6.45) is 0.842. The number of anilines is 1. The molecule has 0 aliphatic rings. The summed E-state index contributed by atoms with van der Waals surface area (Å²) in [5.74, 6) is 0.896. The van der Waals surface area contributed by atoms with Crippen LogP contribution in [0.3, 0.4) is 0 Å². The lowest BCUT2D eigenvalue weighted by Crippen LogP contribution is -1.95. The fourth-order valence-electron chi connectivity index (χ4n) is 1.39. The summed E-state index contributed by atoms with van der Waals surface area (Å²) >= 11 is 5.18. The molecule has 0 aliphatic carbocycles. The lowest BCUT2D eigenvalue weighted by molar-refractivity contribution is 0.955. The van der Waals surface area contributed by atoms with Gasteiger partial charge in [0.15, 0.2) is 0 Å². The number of fused-ring (bicyclic) bond motifs is 1. The maximum Gasteiger partial charge on any atom is 0.137 e. The van der Waals surface area contributed by atoms with Gasteiger partial charge in [-0.15, -0.1) is 0 Å². The van der Waals surface area contributed by atoms with Crippen molar-refractivity contribution in [3.8, 4) is 0 Å². The summed E-state index contributed by atoms with van der Waals surface area (Å²) in [6, 6.07) is 5.61. The van der Waals surface area contributed by atoms with Crippen LogP contribution in [0.25, 0.3) is 10.9 Å². The molecule has 14 heavy (non-hydrogen) atoms. The molecule has 0 spiro atoms. The van der Waals surface area contributed by atoms with Crippen molar-refractivity contribution >= 4 is 28.8 Å². The molecule has 4 heteroatoms. The van der Waals surface area contributed by atoms with Gasteiger partial charge >= 0.3 is 0 Å². The molecule has 0 amide bonds. The SMILES string of the molecule is CCc1nc(=S)c2ccc(N)cc2[nH]1. The molecule has 72 valence electrons. The summed E-state index contributed by atoms with van der Waals surface area (Å²) < 4.78 is 0.635. The van der Waals surface area contributed by atoms with Crippen LogP contribution in [0.5, 0.6) is 0 Å². The van der Waals surface area contributed by atoms with E-state index in [0.29, 0.717) is 4.64 Å². The number of aromatic amines is 1. The maximum atomic E-state index is 5.69. The van der Waals surface area contributed by atoms with Gasteiger partial charge in [0.1, 0.15) is 10.5 Å². The third-order valence-electron chi connectivity index (χ3n) is 2.12. The first-order chi connectivity index (χ1) is 6.70. The molecule has 2 rings (SSSR count). The zero-order chi connectivity index (χ0) is 10.1.